The van der Waals surface area contributed by atoms with Crippen molar-refractivity contribution in [2.45, 2.75) is 18.9 Å². The number of hydrogen-bond donors (Lipinski definition) is 0. The number of ether oxygens (including phenoxy) is 1. The topological polar surface area (TPSA) is 75.9 Å². The van der Waals surface area contributed by atoms with Crippen molar-refractivity contribution >= 4 is 29.8 Å². The highest BCUT2D eigenvalue weighted by molar-refractivity contribution is 5.93. The summed E-state index contributed by atoms with van der Waals surface area (Å²) in [4.78, 5) is 27.0. The zero-order valence-corrected chi connectivity index (χ0v) is 16.8. The van der Waals surface area contributed by atoms with Gasteiger partial charge in [0.05, 0.1) is 10.5 Å². The summed E-state index contributed by atoms with van der Waals surface area (Å²) < 4.78 is 5.51. The van der Waals surface area contributed by atoms with Crippen LogP contribution in [0.3, 0.4) is 0 Å². The number of nitrogens with zero attached hydrogens (tertiary/aromatic N) is 3. The van der Waals surface area contributed by atoms with Crippen LogP contribution < -0.4 is 4.90 Å². The van der Waals surface area contributed by atoms with Gasteiger partial charge in [0.1, 0.15) is 6.10 Å². The van der Waals surface area contributed by atoms with Crippen molar-refractivity contribution in [3.8, 4) is 0 Å². The normalized spacial score (nSPS) is 18.7. The van der Waals surface area contributed by atoms with E-state index in [-0.39, 0.29) is 35.1 Å². The first-order chi connectivity index (χ1) is 13.6. The molecule has 1 unspecified atom stereocenters. The van der Waals surface area contributed by atoms with Crippen molar-refractivity contribution in [2.24, 2.45) is 0 Å². The first-order valence-corrected chi connectivity index (χ1v) is 9.63. The lowest BCUT2D eigenvalue weighted by Gasteiger charge is -2.36. The quantitative estimate of drug-likeness (QED) is 0.404. The van der Waals surface area contributed by atoms with Crippen LogP contribution in [0.1, 0.15) is 34.9 Å². The second kappa shape index (κ2) is 9.24. The second-order valence-corrected chi connectivity index (χ2v) is 7.23. The number of nitro groups is 1. The highest BCUT2D eigenvalue weighted by Gasteiger charge is 2.30. The van der Waals surface area contributed by atoms with E-state index in [9.17, 15) is 14.9 Å². The van der Waals surface area contributed by atoms with Gasteiger partial charge in [0.2, 0.25) is 0 Å². The molecule has 8 heteroatoms. The Hall–Kier alpha value is -2.64. The predicted octanol–water partition coefficient (Wildman–Crippen LogP) is 3.83. The Bertz CT molecular complexity index is 866. The highest BCUT2D eigenvalue weighted by Crippen LogP contribution is 2.33. The number of esters is 1. The van der Waals surface area contributed by atoms with Crippen LogP contribution in [-0.2, 0) is 4.74 Å². The predicted molar refractivity (Wildman–Crippen MR) is 113 cm³/mol. The number of rotatable bonds is 6. The Balaban J connectivity index is 0.00000240. The van der Waals surface area contributed by atoms with Crippen molar-refractivity contribution in [1.82, 2.24) is 4.90 Å². The van der Waals surface area contributed by atoms with Crippen LogP contribution in [0.5, 0.6) is 0 Å². The minimum Gasteiger partial charge on any atom is -0.454 e. The molecular formula is C21H24ClN3O4. The van der Waals surface area contributed by atoms with Crippen molar-refractivity contribution in [2.75, 3.05) is 37.6 Å². The number of benzene rings is 2. The van der Waals surface area contributed by atoms with E-state index in [1.165, 1.54) is 0 Å². The third kappa shape index (κ3) is 4.68. The van der Waals surface area contributed by atoms with Gasteiger partial charge in [0, 0.05) is 49.6 Å². The van der Waals surface area contributed by atoms with Crippen LogP contribution in [0.15, 0.2) is 48.5 Å². The largest absolute Gasteiger partial charge is 0.454 e. The molecule has 1 atom stereocenters. The van der Waals surface area contributed by atoms with Crippen molar-refractivity contribution in [3.05, 3.63) is 69.8 Å². The number of fused-ring (bicyclic) bond motifs is 1. The van der Waals surface area contributed by atoms with Gasteiger partial charge in [-0.05, 0) is 37.6 Å². The number of hydrogen-bond acceptors (Lipinski definition) is 6. The Labute approximate surface area is 175 Å². The number of halogens is 1. The van der Waals surface area contributed by atoms with Crippen molar-refractivity contribution < 1.29 is 14.5 Å². The fourth-order valence-electron chi connectivity index (χ4n) is 3.95. The molecule has 0 saturated carbocycles. The Morgan fingerprint density at radius 3 is 2.41 bits per heavy atom. The summed E-state index contributed by atoms with van der Waals surface area (Å²) in [5.41, 5.74) is 2.86. The number of anilines is 1. The zero-order valence-electron chi connectivity index (χ0n) is 16.0. The van der Waals surface area contributed by atoms with Crippen molar-refractivity contribution in [3.63, 3.8) is 0 Å². The first kappa shape index (κ1) is 21.1. The van der Waals surface area contributed by atoms with Crippen molar-refractivity contribution in [1.29, 1.82) is 0 Å². The zero-order chi connectivity index (χ0) is 19.5. The average molecular weight is 418 g/mol. The molecule has 0 spiro atoms. The third-order valence-corrected chi connectivity index (χ3v) is 5.52. The Kier molecular flexibility index (Phi) is 6.71. The third-order valence-electron chi connectivity index (χ3n) is 5.52. The van der Waals surface area contributed by atoms with Crippen LogP contribution in [-0.4, -0.2) is 48.5 Å². The molecule has 0 radical (unpaired) electrons. The Morgan fingerprint density at radius 1 is 1.03 bits per heavy atom. The molecule has 0 N–H and O–H groups in total. The number of non-ortho nitro benzene ring substituents is 1. The molecule has 2 aliphatic heterocycles. The SMILES string of the molecule is Cl.O=C1OC(CCCN2CCN(c3ccc([N+](=O)[O-])cc3)CC2)c2ccccc21. The minimum atomic E-state index is -0.373. The van der Waals surface area contributed by atoms with Gasteiger partial charge < -0.3 is 9.64 Å². The lowest BCUT2D eigenvalue weighted by molar-refractivity contribution is -0.384. The number of nitro benzene ring substituents is 1. The standard InChI is InChI=1S/C21H23N3O4.ClH/c25-21-19-5-2-1-4-18(19)20(28-21)6-3-11-22-12-14-23(15-13-22)16-7-9-17(10-8-16)24(26)27;/h1-2,4-5,7-10,20H,3,6,11-15H2;1H. The molecule has 2 heterocycles. The number of cyclic esters (lactones) is 1. The van der Waals surface area contributed by atoms with Crippen LogP contribution in [0.25, 0.3) is 0 Å². The van der Waals surface area contributed by atoms with E-state index in [1.807, 2.05) is 36.4 Å². The van der Waals surface area contributed by atoms with Crippen LogP contribution in [0, 0.1) is 10.1 Å². The molecule has 154 valence electrons. The molecule has 2 aliphatic rings. The molecule has 1 saturated heterocycles. The fourth-order valence-corrected chi connectivity index (χ4v) is 3.95. The van der Waals surface area contributed by atoms with E-state index in [4.69, 9.17) is 4.74 Å². The number of piperazine rings is 1. The molecule has 0 aromatic heterocycles. The molecule has 1 fully saturated rings. The molecule has 7 nitrogen and oxygen atoms in total. The summed E-state index contributed by atoms with van der Waals surface area (Å²) in [6.07, 6.45) is 1.69. The summed E-state index contributed by atoms with van der Waals surface area (Å²) in [5.74, 6) is -0.211. The maximum absolute atomic E-state index is 11.9. The van der Waals surface area contributed by atoms with E-state index in [0.29, 0.717) is 5.56 Å². The monoisotopic (exact) mass is 417 g/mol. The molecule has 0 bridgehead atoms. The fraction of sp³-hybridized carbons (Fsp3) is 0.381. The molecule has 2 aromatic carbocycles. The number of carbonyl (C=O) groups is 1. The van der Waals surface area contributed by atoms with Gasteiger partial charge in [-0.15, -0.1) is 12.4 Å². The Morgan fingerprint density at radius 2 is 1.72 bits per heavy atom. The van der Waals surface area contributed by atoms with Gasteiger partial charge in [-0.25, -0.2) is 4.79 Å². The van der Waals surface area contributed by atoms with Crippen LogP contribution in [0.4, 0.5) is 11.4 Å². The lowest BCUT2D eigenvalue weighted by Crippen LogP contribution is -2.46. The van der Waals surface area contributed by atoms with E-state index >= 15 is 0 Å². The lowest BCUT2D eigenvalue weighted by atomic mass is 10.0. The van der Waals surface area contributed by atoms with E-state index in [0.717, 1.165) is 56.8 Å². The smallest absolute Gasteiger partial charge is 0.339 e. The van der Waals surface area contributed by atoms with E-state index < -0.39 is 0 Å². The van der Waals surface area contributed by atoms with Gasteiger partial charge in [0.25, 0.3) is 5.69 Å². The molecule has 29 heavy (non-hydrogen) atoms. The molecule has 2 aromatic rings. The number of carbonyl (C=O) groups excluding carboxylic acids is 1. The molecular weight excluding hydrogens is 394 g/mol. The summed E-state index contributed by atoms with van der Waals surface area (Å²) >= 11 is 0. The molecule has 0 amide bonds. The van der Waals surface area contributed by atoms with Crippen LogP contribution >= 0.6 is 12.4 Å². The first-order valence-electron chi connectivity index (χ1n) is 9.63. The van der Waals surface area contributed by atoms with E-state index in [2.05, 4.69) is 9.80 Å². The summed E-state index contributed by atoms with van der Waals surface area (Å²) in [7, 11) is 0. The molecule has 0 aliphatic carbocycles. The maximum Gasteiger partial charge on any atom is 0.339 e. The summed E-state index contributed by atoms with van der Waals surface area (Å²) in [6, 6.07) is 14.4. The van der Waals surface area contributed by atoms with E-state index in [1.54, 1.807) is 12.1 Å². The molecule has 4 rings (SSSR count). The highest BCUT2D eigenvalue weighted by atomic mass is 35.5. The minimum absolute atomic E-state index is 0. The van der Waals surface area contributed by atoms with Crippen LogP contribution in [0.2, 0.25) is 0 Å². The van der Waals surface area contributed by atoms with Gasteiger partial charge >= 0.3 is 5.97 Å². The summed E-state index contributed by atoms with van der Waals surface area (Å²) in [5, 5.41) is 10.8. The van der Waals surface area contributed by atoms with Gasteiger partial charge in [0.15, 0.2) is 0 Å². The average Bonchev–Trinajstić information content (AvgIpc) is 3.05. The van der Waals surface area contributed by atoms with Gasteiger partial charge in [-0.2, -0.15) is 0 Å². The maximum atomic E-state index is 11.9. The second-order valence-electron chi connectivity index (χ2n) is 7.23. The summed E-state index contributed by atoms with van der Waals surface area (Å²) in [6.45, 7) is 4.69. The van der Waals surface area contributed by atoms with Gasteiger partial charge in [-0.3, -0.25) is 15.0 Å². The van der Waals surface area contributed by atoms with Gasteiger partial charge in [-0.1, -0.05) is 18.2 Å².